The number of amides is 1. The van der Waals surface area contributed by atoms with Crippen molar-refractivity contribution in [1.29, 1.82) is 0 Å². The molecule has 0 saturated carbocycles. The molecule has 154 valence electrons. The van der Waals surface area contributed by atoms with Crippen molar-refractivity contribution in [3.63, 3.8) is 0 Å². The third kappa shape index (κ3) is 6.21. The van der Waals surface area contributed by atoms with Crippen molar-refractivity contribution >= 4 is 12.1 Å². The predicted octanol–water partition coefficient (Wildman–Crippen LogP) is 4.92. The topological polar surface area (TPSA) is 59.9 Å². The minimum atomic E-state index is -0.256. The second-order valence-electron chi connectivity index (χ2n) is 6.92. The molecule has 3 rings (SSSR count). The molecule has 0 atom stereocenters. The van der Waals surface area contributed by atoms with Crippen LogP contribution in [0.2, 0.25) is 0 Å². The Labute approximate surface area is 177 Å². The molecule has 5 nitrogen and oxygen atoms in total. The molecule has 5 heteroatoms. The fraction of sp³-hybridized carbons (Fsp3) is 0.200. The van der Waals surface area contributed by atoms with E-state index >= 15 is 0 Å². The number of nitrogens with one attached hydrogen (secondary N) is 1. The molecule has 0 aromatic heterocycles. The Morgan fingerprint density at radius 2 is 1.60 bits per heavy atom. The summed E-state index contributed by atoms with van der Waals surface area (Å²) in [6, 6.07) is 22.7. The lowest BCUT2D eigenvalue weighted by Crippen LogP contribution is -2.17. The lowest BCUT2D eigenvalue weighted by atomic mass is 10.1. The quantitative estimate of drug-likeness (QED) is 0.314. The summed E-state index contributed by atoms with van der Waals surface area (Å²) in [5, 5.41) is 4.05. The highest BCUT2D eigenvalue weighted by Gasteiger charge is 2.04. The van der Waals surface area contributed by atoms with E-state index in [0.29, 0.717) is 24.5 Å². The van der Waals surface area contributed by atoms with E-state index in [1.54, 1.807) is 18.3 Å². The highest BCUT2D eigenvalue weighted by atomic mass is 16.5. The standard InChI is InChI=1S/C25H26N2O3/c1-19-13-14-23(20(2)17-19)29-15-8-16-30-24-12-7-6-11-22(24)18-26-27-25(28)21-9-4-3-5-10-21/h3-7,9-14,17-18H,8,15-16H2,1-2H3,(H,27,28)/b26-18-. The lowest BCUT2D eigenvalue weighted by Gasteiger charge is -2.11. The molecule has 0 saturated heterocycles. The van der Waals surface area contributed by atoms with Crippen LogP contribution in [0.3, 0.4) is 0 Å². The molecular weight excluding hydrogens is 376 g/mol. The second-order valence-corrected chi connectivity index (χ2v) is 6.92. The number of nitrogens with zero attached hydrogens (tertiary/aromatic N) is 1. The fourth-order valence-corrected chi connectivity index (χ4v) is 2.92. The smallest absolute Gasteiger partial charge is 0.271 e. The van der Waals surface area contributed by atoms with Gasteiger partial charge in [-0.2, -0.15) is 5.10 Å². The average Bonchev–Trinajstić information content (AvgIpc) is 2.76. The second kappa shape index (κ2) is 10.8. The van der Waals surface area contributed by atoms with Crippen LogP contribution in [0, 0.1) is 13.8 Å². The first-order valence-corrected chi connectivity index (χ1v) is 9.94. The van der Waals surface area contributed by atoms with Gasteiger partial charge in [-0.1, -0.05) is 48.0 Å². The largest absolute Gasteiger partial charge is 0.493 e. The van der Waals surface area contributed by atoms with Gasteiger partial charge in [0.1, 0.15) is 11.5 Å². The SMILES string of the molecule is Cc1ccc(OCCCOc2ccccc2/C=N\NC(=O)c2ccccc2)c(C)c1. The zero-order valence-electron chi connectivity index (χ0n) is 17.3. The molecule has 0 aliphatic carbocycles. The van der Waals surface area contributed by atoms with E-state index < -0.39 is 0 Å². The number of hydrogen-bond acceptors (Lipinski definition) is 4. The molecule has 0 fully saturated rings. The number of carbonyl (C=O) groups excluding carboxylic acids is 1. The van der Waals surface area contributed by atoms with E-state index in [0.717, 1.165) is 23.3 Å². The van der Waals surface area contributed by atoms with Crippen LogP contribution in [0.1, 0.15) is 33.5 Å². The van der Waals surface area contributed by atoms with E-state index in [1.165, 1.54) is 5.56 Å². The first-order chi connectivity index (χ1) is 14.6. The molecule has 0 spiro atoms. The highest BCUT2D eigenvalue weighted by molar-refractivity contribution is 5.95. The van der Waals surface area contributed by atoms with Crippen molar-refractivity contribution in [3.05, 3.63) is 95.1 Å². The van der Waals surface area contributed by atoms with Gasteiger partial charge in [-0.3, -0.25) is 4.79 Å². The number of hydrazone groups is 1. The lowest BCUT2D eigenvalue weighted by molar-refractivity contribution is 0.0955. The summed E-state index contributed by atoms with van der Waals surface area (Å²) in [6.45, 7) is 5.21. The zero-order chi connectivity index (χ0) is 21.2. The zero-order valence-corrected chi connectivity index (χ0v) is 17.3. The van der Waals surface area contributed by atoms with Crippen LogP contribution in [-0.2, 0) is 0 Å². The van der Waals surface area contributed by atoms with Crippen molar-refractivity contribution in [2.45, 2.75) is 20.3 Å². The summed E-state index contributed by atoms with van der Waals surface area (Å²) in [7, 11) is 0. The summed E-state index contributed by atoms with van der Waals surface area (Å²) in [4.78, 5) is 12.1. The first kappa shape index (κ1) is 21.1. The predicted molar refractivity (Wildman–Crippen MR) is 119 cm³/mol. The van der Waals surface area contributed by atoms with Crippen LogP contribution in [0.4, 0.5) is 0 Å². The monoisotopic (exact) mass is 402 g/mol. The molecular formula is C25H26N2O3. The Morgan fingerprint density at radius 3 is 2.37 bits per heavy atom. The maximum Gasteiger partial charge on any atom is 0.271 e. The van der Waals surface area contributed by atoms with Crippen molar-refractivity contribution in [2.24, 2.45) is 5.10 Å². The first-order valence-electron chi connectivity index (χ1n) is 9.94. The van der Waals surface area contributed by atoms with E-state index in [9.17, 15) is 4.79 Å². The Kier molecular flexibility index (Phi) is 7.61. The molecule has 0 radical (unpaired) electrons. The molecule has 1 amide bonds. The summed E-state index contributed by atoms with van der Waals surface area (Å²) < 4.78 is 11.7. The molecule has 0 heterocycles. The number of rotatable bonds is 9. The third-order valence-electron chi connectivity index (χ3n) is 4.46. The van der Waals surface area contributed by atoms with Gasteiger partial charge in [0, 0.05) is 17.5 Å². The van der Waals surface area contributed by atoms with Crippen LogP contribution >= 0.6 is 0 Å². The number of ether oxygens (including phenoxy) is 2. The Morgan fingerprint density at radius 1 is 0.900 bits per heavy atom. The molecule has 0 bridgehead atoms. The van der Waals surface area contributed by atoms with E-state index in [-0.39, 0.29) is 5.91 Å². The molecule has 3 aromatic rings. The van der Waals surface area contributed by atoms with Gasteiger partial charge in [0.25, 0.3) is 5.91 Å². The van der Waals surface area contributed by atoms with Gasteiger partial charge in [0.05, 0.1) is 19.4 Å². The minimum Gasteiger partial charge on any atom is -0.493 e. The Bertz CT molecular complexity index is 1000. The van der Waals surface area contributed by atoms with E-state index in [2.05, 4.69) is 23.5 Å². The fourth-order valence-electron chi connectivity index (χ4n) is 2.92. The summed E-state index contributed by atoms with van der Waals surface area (Å²) >= 11 is 0. The molecule has 0 unspecified atom stereocenters. The van der Waals surface area contributed by atoms with Gasteiger partial charge in [-0.05, 0) is 49.7 Å². The van der Waals surface area contributed by atoms with Crippen LogP contribution in [-0.4, -0.2) is 25.3 Å². The van der Waals surface area contributed by atoms with Crippen LogP contribution in [0.15, 0.2) is 77.9 Å². The molecule has 0 aliphatic rings. The van der Waals surface area contributed by atoms with Crippen molar-refractivity contribution in [3.8, 4) is 11.5 Å². The average molecular weight is 402 g/mol. The highest BCUT2D eigenvalue weighted by Crippen LogP contribution is 2.19. The van der Waals surface area contributed by atoms with Crippen LogP contribution < -0.4 is 14.9 Å². The number of hydrogen-bond donors (Lipinski definition) is 1. The van der Waals surface area contributed by atoms with Crippen molar-refractivity contribution in [2.75, 3.05) is 13.2 Å². The van der Waals surface area contributed by atoms with E-state index in [1.807, 2.05) is 61.5 Å². The summed E-state index contributed by atoms with van der Waals surface area (Å²) in [6.07, 6.45) is 2.34. The maximum absolute atomic E-state index is 12.1. The Balaban J connectivity index is 1.47. The van der Waals surface area contributed by atoms with Crippen LogP contribution in [0.25, 0.3) is 0 Å². The number of aryl methyl sites for hydroxylation is 2. The molecule has 3 aromatic carbocycles. The van der Waals surface area contributed by atoms with E-state index in [4.69, 9.17) is 9.47 Å². The van der Waals surface area contributed by atoms with Gasteiger partial charge in [0.15, 0.2) is 0 Å². The summed E-state index contributed by atoms with van der Waals surface area (Å²) in [5.41, 5.74) is 6.24. The molecule has 0 aliphatic heterocycles. The van der Waals surface area contributed by atoms with Crippen molar-refractivity contribution < 1.29 is 14.3 Å². The number of para-hydroxylation sites is 1. The van der Waals surface area contributed by atoms with Gasteiger partial charge in [0.2, 0.25) is 0 Å². The van der Waals surface area contributed by atoms with Gasteiger partial charge in [-0.25, -0.2) is 5.43 Å². The molecule has 1 N–H and O–H groups in total. The van der Waals surface area contributed by atoms with Gasteiger partial charge >= 0.3 is 0 Å². The Hall–Kier alpha value is -3.60. The van der Waals surface area contributed by atoms with Gasteiger partial charge < -0.3 is 9.47 Å². The van der Waals surface area contributed by atoms with Crippen LogP contribution in [0.5, 0.6) is 11.5 Å². The molecule has 30 heavy (non-hydrogen) atoms. The minimum absolute atomic E-state index is 0.256. The number of benzene rings is 3. The van der Waals surface area contributed by atoms with Gasteiger partial charge in [-0.15, -0.1) is 0 Å². The maximum atomic E-state index is 12.1. The number of carbonyl (C=O) groups is 1. The summed E-state index contributed by atoms with van der Waals surface area (Å²) in [5.74, 6) is 1.36. The normalized spacial score (nSPS) is 10.7. The van der Waals surface area contributed by atoms with Crippen molar-refractivity contribution in [1.82, 2.24) is 5.43 Å². The third-order valence-corrected chi connectivity index (χ3v) is 4.46.